The number of hydrogen-bond donors (Lipinski definition) is 0. The van der Waals surface area contributed by atoms with Gasteiger partial charge in [0.15, 0.2) is 11.5 Å². The predicted molar refractivity (Wildman–Crippen MR) is 106 cm³/mol. The molecule has 0 N–H and O–H groups in total. The predicted octanol–water partition coefficient (Wildman–Crippen LogP) is 3.75. The van der Waals surface area contributed by atoms with Crippen molar-refractivity contribution in [1.82, 2.24) is 14.8 Å². The molecule has 0 bridgehead atoms. The summed E-state index contributed by atoms with van der Waals surface area (Å²) < 4.78 is 19.2. The number of benzene rings is 2. The molecule has 1 fully saturated rings. The summed E-state index contributed by atoms with van der Waals surface area (Å²) in [7, 11) is 0. The average molecular weight is 381 g/mol. The number of aryl methyl sites for hydroxylation is 1. The lowest BCUT2D eigenvalue weighted by Crippen LogP contribution is -2.35. The molecule has 1 aliphatic rings. The van der Waals surface area contributed by atoms with E-state index in [0.29, 0.717) is 18.7 Å². The smallest absolute Gasteiger partial charge is 0.254 e. The highest BCUT2D eigenvalue weighted by molar-refractivity contribution is 5.94. The minimum Gasteiger partial charge on any atom is -0.441 e. The lowest BCUT2D eigenvalue weighted by Gasteiger charge is -2.22. The Kier molecular flexibility index (Phi) is 5.67. The first kappa shape index (κ1) is 18.6. The van der Waals surface area contributed by atoms with Crippen LogP contribution in [0, 0.1) is 5.82 Å². The van der Waals surface area contributed by atoms with E-state index in [9.17, 15) is 9.18 Å². The standard InChI is InChI=1S/C22H24FN3O2/c23-18-7-3-6-17(16-18)22(27)26-13-5-12-25(14-15-26)11-4-10-21-24-19-8-1-2-9-20(19)28-21/h1-3,6-9,16H,4-5,10-15H2. The van der Waals surface area contributed by atoms with Crippen molar-refractivity contribution in [3.05, 3.63) is 65.8 Å². The Hall–Kier alpha value is -2.73. The zero-order valence-corrected chi connectivity index (χ0v) is 15.8. The van der Waals surface area contributed by atoms with Crippen LogP contribution in [0.3, 0.4) is 0 Å². The van der Waals surface area contributed by atoms with Gasteiger partial charge in [-0.05, 0) is 56.3 Å². The molecule has 6 heteroatoms. The SMILES string of the molecule is O=C(c1cccc(F)c1)N1CCCN(CCCc2nc3ccccc3o2)CC1. The van der Waals surface area contributed by atoms with Crippen LogP contribution < -0.4 is 0 Å². The fourth-order valence-electron chi connectivity index (χ4n) is 3.68. The van der Waals surface area contributed by atoms with Gasteiger partial charge in [0.2, 0.25) is 0 Å². The second-order valence-corrected chi connectivity index (χ2v) is 7.18. The zero-order valence-electron chi connectivity index (χ0n) is 15.8. The number of carbonyl (C=O) groups excluding carboxylic acids is 1. The monoisotopic (exact) mass is 381 g/mol. The highest BCUT2D eigenvalue weighted by Crippen LogP contribution is 2.16. The van der Waals surface area contributed by atoms with Crippen LogP contribution in [0.1, 0.15) is 29.1 Å². The third-order valence-corrected chi connectivity index (χ3v) is 5.15. The number of nitrogens with zero attached hydrogens (tertiary/aromatic N) is 3. The van der Waals surface area contributed by atoms with Gasteiger partial charge in [0.25, 0.3) is 5.91 Å². The number of halogens is 1. The fraction of sp³-hybridized carbons (Fsp3) is 0.364. The molecule has 4 rings (SSSR count). The lowest BCUT2D eigenvalue weighted by molar-refractivity contribution is 0.0761. The molecule has 1 saturated heterocycles. The van der Waals surface area contributed by atoms with Crippen molar-refractivity contribution in [1.29, 1.82) is 0 Å². The van der Waals surface area contributed by atoms with E-state index in [1.165, 1.54) is 12.1 Å². The molecule has 1 aromatic heterocycles. The summed E-state index contributed by atoms with van der Waals surface area (Å²) in [5.74, 6) is 0.313. The highest BCUT2D eigenvalue weighted by atomic mass is 19.1. The molecule has 5 nitrogen and oxygen atoms in total. The van der Waals surface area contributed by atoms with Crippen LogP contribution in [0.5, 0.6) is 0 Å². The molecule has 3 aromatic rings. The van der Waals surface area contributed by atoms with Crippen LogP contribution in [0.4, 0.5) is 4.39 Å². The number of carbonyl (C=O) groups is 1. The summed E-state index contributed by atoms with van der Waals surface area (Å²) in [5, 5.41) is 0. The number of amides is 1. The molecule has 1 aliphatic heterocycles. The summed E-state index contributed by atoms with van der Waals surface area (Å²) in [4.78, 5) is 21.3. The first-order valence-corrected chi connectivity index (χ1v) is 9.81. The van der Waals surface area contributed by atoms with Crippen molar-refractivity contribution in [3.63, 3.8) is 0 Å². The molecule has 0 spiro atoms. The van der Waals surface area contributed by atoms with Crippen LogP contribution in [0.15, 0.2) is 52.9 Å². The summed E-state index contributed by atoms with van der Waals surface area (Å²) in [6.45, 7) is 4.10. The quantitative estimate of drug-likeness (QED) is 0.675. The van der Waals surface area contributed by atoms with Gasteiger partial charge in [-0.25, -0.2) is 9.37 Å². The first-order valence-electron chi connectivity index (χ1n) is 9.81. The molecule has 0 aliphatic carbocycles. The van der Waals surface area contributed by atoms with Gasteiger partial charge in [0.1, 0.15) is 11.3 Å². The Morgan fingerprint density at radius 3 is 2.82 bits per heavy atom. The van der Waals surface area contributed by atoms with Crippen molar-refractivity contribution in [2.75, 3.05) is 32.7 Å². The molecule has 2 aromatic carbocycles. The third kappa shape index (κ3) is 4.39. The summed E-state index contributed by atoms with van der Waals surface area (Å²) in [5.41, 5.74) is 2.15. The molecular weight excluding hydrogens is 357 g/mol. The van der Waals surface area contributed by atoms with Crippen molar-refractivity contribution in [3.8, 4) is 0 Å². The summed E-state index contributed by atoms with van der Waals surface area (Å²) in [6, 6.07) is 13.7. The molecule has 0 atom stereocenters. The molecule has 2 heterocycles. The second-order valence-electron chi connectivity index (χ2n) is 7.18. The van der Waals surface area contributed by atoms with Crippen molar-refractivity contribution in [2.24, 2.45) is 0 Å². The van der Waals surface area contributed by atoms with Crippen LogP contribution in [0.2, 0.25) is 0 Å². The van der Waals surface area contributed by atoms with Crippen LogP contribution in [-0.4, -0.2) is 53.4 Å². The number of oxazole rings is 1. The van der Waals surface area contributed by atoms with Crippen molar-refractivity contribution < 1.29 is 13.6 Å². The van der Waals surface area contributed by atoms with Gasteiger partial charge in [-0.1, -0.05) is 18.2 Å². The van der Waals surface area contributed by atoms with Crippen LogP contribution >= 0.6 is 0 Å². The number of para-hydroxylation sites is 2. The number of rotatable bonds is 5. The topological polar surface area (TPSA) is 49.6 Å². The Morgan fingerprint density at radius 2 is 1.96 bits per heavy atom. The van der Waals surface area contributed by atoms with Gasteiger partial charge in [0.05, 0.1) is 0 Å². The van der Waals surface area contributed by atoms with Gasteiger partial charge >= 0.3 is 0 Å². The molecule has 0 unspecified atom stereocenters. The average Bonchev–Trinajstić information content (AvgIpc) is 2.97. The molecule has 0 radical (unpaired) electrons. The first-order chi connectivity index (χ1) is 13.7. The van der Waals surface area contributed by atoms with Gasteiger partial charge < -0.3 is 14.2 Å². The largest absolute Gasteiger partial charge is 0.441 e. The van der Waals surface area contributed by atoms with Crippen molar-refractivity contribution in [2.45, 2.75) is 19.3 Å². The molecule has 0 saturated carbocycles. The molecule has 146 valence electrons. The fourth-order valence-corrected chi connectivity index (χ4v) is 3.68. The normalized spacial score (nSPS) is 15.7. The van der Waals surface area contributed by atoms with E-state index in [1.807, 2.05) is 29.2 Å². The number of aromatic nitrogens is 1. The van der Waals surface area contributed by atoms with Crippen LogP contribution in [0.25, 0.3) is 11.1 Å². The Bertz CT molecular complexity index is 923. The maximum absolute atomic E-state index is 13.4. The highest BCUT2D eigenvalue weighted by Gasteiger charge is 2.20. The minimum absolute atomic E-state index is 0.0900. The van der Waals surface area contributed by atoms with E-state index in [2.05, 4.69) is 9.88 Å². The van der Waals surface area contributed by atoms with Gasteiger partial charge in [-0.2, -0.15) is 0 Å². The van der Waals surface area contributed by atoms with Gasteiger partial charge in [0, 0.05) is 31.6 Å². The van der Waals surface area contributed by atoms with Gasteiger partial charge in [-0.15, -0.1) is 0 Å². The van der Waals surface area contributed by atoms with E-state index in [1.54, 1.807) is 12.1 Å². The second kappa shape index (κ2) is 8.52. The Labute approximate surface area is 163 Å². The number of hydrogen-bond acceptors (Lipinski definition) is 4. The third-order valence-electron chi connectivity index (χ3n) is 5.15. The van der Waals surface area contributed by atoms with Crippen molar-refractivity contribution >= 4 is 17.0 Å². The maximum Gasteiger partial charge on any atom is 0.254 e. The molecular formula is C22H24FN3O2. The summed E-state index contributed by atoms with van der Waals surface area (Å²) >= 11 is 0. The summed E-state index contributed by atoms with van der Waals surface area (Å²) in [6.07, 6.45) is 2.69. The van der Waals surface area contributed by atoms with Crippen LogP contribution in [-0.2, 0) is 6.42 Å². The van der Waals surface area contributed by atoms with E-state index in [-0.39, 0.29) is 11.7 Å². The van der Waals surface area contributed by atoms with E-state index < -0.39 is 0 Å². The minimum atomic E-state index is -0.374. The van der Waals surface area contributed by atoms with E-state index >= 15 is 0 Å². The molecule has 28 heavy (non-hydrogen) atoms. The number of fused-ring (bicyclic) bond motifs is 1. The maximum atomic E-state index is 13.4. The lowest BCUT2D eigenvalue weighted by atomic mass is 10.2. The van der Waals surface area contributed by atoms with E-state index in [0.717, 1.165) is 55.9 Å². The Morgan fingerprint density at radius 1 is 1.07 bits per heavy atom. The Balaban J connectivity index is 1.27. The zero-order chi connectivity index (χ0) is 19.3. The van der Waals surface area contributed by atoms with E-state index in [4.69, 9.17) is 4.42 Å². The van der Waals surface area contributed by atoms with Gasteiger partial charge in [-0.3, -0.25) is 4.79 Å². The molecule has 1 amide bonds.